The number of rotatable bonds is 4. The number of nitriles is 1. The predicted molar refractivity (Wildman–Crippen MR) is 86.8 cm³/mol. The van der Waals surface area contributed by atoms with Crippen molar-refractivity contribution < 1.29 is 4.42 Å². The Balaban J connectivity index is 1.81. The molecule has 3 heterocycles. The van der Waals surface area contributed by atoms with E-state index < -0.39 is 5.76 Å². The Bertz CT molecular complexity index is 811. The molecule has 1 aliphatic heterocycles. The van der Waals surface area contributed by atoms with Crippen LogP contribution in [-0.2, 0) is 12.8 Å². The lowest BCUT2D eigenvalue weighted by molar-refractivity contribution is 0.379. The number of anilines is 1. The number of H-pyrrole nitrogens is 1. The Hall–Kier alpha value is -2.69. The van der Waals surface area contributed by atoms with Gasteiger partial charge in [0.05, 0.1) is 5.69 Å². The van der Waals surface area contributed by atoms with Gasteiger partial charge in [-0.05, 0) is 31.2 Å². The number of aromatic amines is 1. The van der Waals surface area contributed by atoms with Gasteiger partial charge < -0.3 is 9.32 Å². The van der Waals surface area contributed by atoms with Gasteiger partial charge >= 0.3 is 5.76 Å². The number of piperidine rings is 1. The highest BCUT2D eigenvalue weighted by Gasteiger charge is 2.27. The number of nitrogens with zero attached hydrogens (tertiary/aromatic N) is 5. The Labute approximate surface area is 139 Å². The summed E-state index contributed by atoms with van der Waals surface area (Å²) in [5.41, 5.74) is 2.52. The summed E-state index contributed by atoms with van der Waals surface area (Å²) < 4.78 is 5.05. The molecule has 0 radical (unpaired) electrons. The van der Waals surface area contributed by atoms with Gasteiger partial charge in [-0.1, -0.05) is 13.8 Å². The van der Waals surface area contributed by atoms with Crippen LogP contribution in [-0.4, -0.2) is 33.5 Å². The predicted octanol–water partition coefficient (Wildman–Crippen LogP) is 1.53. The number of hydrogen-bond acceptors (Lipinski definition) is 7. The molecule has 2 aromatic heterocycles. The average molecular weight is 328 g/mol. The summed E-state index contributed by atoms with van der Waals surface area (Å²) in [5.74, 6) is 0.711. The molecule has 8 nitrogen and oxygen atoms in total. The standard InChI is InChI=1S/C16H20N6O2/c1-3-11-12(9-17)14(19-18-13(11)4-2)22-7-5-10(6-8-22)15-20-21-16(23)24-15/h10H,3-8H2,1-2H3,(H,21,23). The van der Waals surface area contributed by atoms with Crippen molar-refractivity contribution in [2.45, 2.75) is 45.4 Å². The van der Waals surface area contributed by atoms with Crippen molar-refractivity contribution in [1.29, 1.82) is 5.26 Å². The van der Waals surface area contributed by atoms with Crippen LogP contribution >= 0.6 is 0 Å². The van der Waals surface area contributed by atoms with Gasteiger partial charge in [0, 0.05) is 19.0 Å². The third-order valence-corrected chi connectivity index (χ3v) is 4.54. The van der Waals surface area contributed by atoms with E-state index >= 15 is 0 Å². The van der Waals surface area contributed by atoms with Crippen LogP contribution in [0.15, 0.2) is 9.21 Å². The van der Waals surface area contributed by atoms with Gasteiger partial charge in [-0.3, -0.25) is 0 Å². The second-order valence-electron chi connectivity index (χ2n) is 5.86. The van der Waals surface area contributed by atoms with Crippen molar-refractivity contribution in [3.8, 4) is 6.07 Å². The lowest BCUT2D eigenvalue weighted by Gasteiger charge is -2.31. The minimum atomic E-state index is -0.521. The second kappa shape index (κ2) is 6.83. The molecule has 1 N–H and O–H groups in total. The molecular formula is C16H20N6O2. The first-order chi connectivity index (χ1) is 11.7. The fraction of sp³-hybridized carbons (Fsp3) is 0.562. The van der Waals surface area contributed by atoms with Crippen LogP contribution in [0.2, 0.25) is 0 Å². The summed E-state index contributed by atoms with van der Waals surface area (Å²) in [6.07, 6.45) is 3.11. The van der Waals surface area contributed by atoms with Gasteiger partial charge in [-0.25, -0.2) is 9.89 Å². The molecule has 0 aromatic carbocycles. The molecule has 0 unspecified atom stereocenters. The van der Waals surface area contributed by atoms with Gasteiger partial charge in [0.25, 0.3) is 0 Å². The van der Waals surface area contributed by atoms with Crippen LogP contribution in [0.25, 0.3) is 0 Å². The Morgan fingerprint density at radius 2 is 2.04 bits per heavy atom. The van der Waals surface area contributed by atoms with Crippen molar-refractivity contribution >= 4 is 5.82 Å². The van der Waals surface area contributed by atoms with E-state index in [4.69, 9.17) is 4.42 Å². The van der Waals surface area contributed by atoms with Gasteiger partial charge in [0.2, 0.25) is 5.89 Å². The van der Waals surface area contributed by atoms with Crippen LogP contribution in [0.3, 0.4) is 0 Å². The molecular weight excluding hydrogens is 308 g/mol. The Morgan fingerprint density at radius 1 is 1.29 bits per heavy atom. The number of nitrogens with one attached hydrogen (secondary N) is 1. The van der Waals surface area contributed by atoms with E-state index in [1.165, 1.54) is 0 Å². The quantitative estimate of drug-likeness (QED) is 0.905. The van der Waals surface area contributed by atoms with E-state index in [2.05, 4.69) is 31.4 Å². The van der Waals surface area contributed by atoms with Crippen molar-refractivity contribution in [3.63, 3.8) is 0 Å². The maximum atomic E-state index is 11.1. The summed E-state index contributed by atoms with van der Waals surface area (Å²) in [7, 11) is 0. The first-order valence-electron chi connectivity index (χ1n) is 8.26. The zero-order valence-corrected chi connectivity index (χ0v) is 13.9. The summed E-state index contributed by atoms with van der Waals surface area (Å²) >= 11 is 0. The SMILES string of the molecule is CCc1nnc(N2CCC(c3n[nH]c(=O)o3)CC2)c(C#N)c1CC. The van der Waals surface area contributed by atoms with Gasteiger partial charge in [0.1, 0.15) is 11.6 Å². The normalized spacial score (nSPS) is 15.5. The number of hydrogen-bond donors (Lipinski definition) is 1. The maximum Gasteiger partial charge on any atom is 0.434 e. The summed E-state index contributed by atoms with van der Waals surface area (Å²) in [6, 6.07) is 2.31. The van der Waals surface area contributed by atoms with Gasteiger partial charge in [-0.2, -0.15) is 10.4 Å². The van der Waals surface area contributed by atoms with Crippen molar-refractivity contribution in [2.24, 2.45) is 0 Å². The van der Waals surface area contributed by atoms with Crippen molar-refractivity contribution in [3.05, 3.63) is 33.3 Å². The fourth-order valence-electron chi connectivity index (χ4n) is 3.26. The minimum absolute atomic E-state index is 0.110. The topological polar surface area (TPSA) is 112 Å². The van der Waals surface area contributed by atoms with Crippen LogP contribution in [0.4, 0.5) is 5.82 Å². The third kappa shape index (κ3) is 2.89. The van der Waals surface area contributed by atoms with Crippen molar-refractivity contribution in [1.82, 2.24) is 20.4 Å². The average Bonchev–Trinajstić information content (AvgIpc) is 3.06. The molecule has 2 aromatic rings. The Kier molecular flexibility index (Phi) is 4.60. The first-order valence-corrected chi connectivity index (χ1v) is 8.26. The van der Waals surface area contributed by atoms with Crippen molar-refractivity contribution in [2.75, 3.05) is 18.0 Å². The number of aromatic nitrogens is 4. The van der Waals surface area contributed by atoms with E-state index in [-0.39, 0.29) is 5.92 Å². The maximum absolute atomic E-state index is 11.1. The molecule has 0 aliphatic carbocycles. The van der Waals surface area contributed by atoms with E-state index in [0.717, 1.165) is 50.0 Å². The summed E-state index contributed by atoms with van der Waals surface area (Å²) in [4.78, 5) is 13.2. The first kappa shape index (κ1) is 16.2. The third-order valence-electron chi connectivity index (χ3n) is 4.54. The second-order valence-corrected chi connectivity index (χ2v) is 5.86. The number of aryl methyl sites for hydroxylation is 1. The molecule has 0 amide bonds. The smallest absolute Gasteiger partial charge is 0.392 e. The zero-order valence-electron chi connectivity index (χ0n) is 13.9. The lowest BCUT2D eigenvalue weighted by atomic mass is 9.96. The molecule has 1 aliphatic rings. The molecule has 24 heavy (non-hydrogen) atoms. The summed E-state index contributed by atoms with van der Waals surface area (Å²) in [5, 5.41) is 24.5. The molecule has 0 bridgehead atoms. The molecule has 8 heteroatoms. The molecule has 0 spiro atoms. The highest BCUT2D eigenvalue weighted by Crippen LogP contribution is 2.30. The van der Waals surface area contributed by atoms with E-state index in [1.54, 1.807) is 0 Å². The largest absolute Gasteiger partial charge is 0.434 e. The molecule has 0 saturated carbocycles. The zero-order chi connectivity index (χ0) is 17.1. The van der Waals surface area contributed by atoms with Gasteiger partial charge in [-0.15, -0.1) is 10.2 Å². The molecule has 3 rings (SSSR count). The van der Waals surface area contributed by atoms with E-state index in [9.17, 15) is 10.1 Å². The lowest BCUT2D eigenvalue weighted by Crippen LogP contribution is -2.34. The van der Waals surface area contributed by atoms with Crippen LogP contribution in [0, 0.1) is 11.3 Å². The fourth-order valence-corrected chi connectivity index (χ4v) is 3.26. The molecule has 1 fully saturated rings. The molecule has 126 valence electrons. The monoisotopic (exact) mass is 328 g/mol. The Morgan fingerprint density at radius 3 is 2.58 bits per heavy atom. The summed E-state index contributed by atoms with van der Waals surface area (Å²) in [6.45, 7) is 5.50. The van der Waals surface area contributed by atoms with E-state index in [0.29, 0.717) is 17.3 Å². The van der Waals surface area contributed by atoms with Crippen LogP contribution in [0.1, 0.15) is 55.3 Å². The molecule has 1 saturated heterocycles. The van der Waals surface area contributed by atoms with Gasteiger partial charge in [0.15, 0.2) is 5.82 Å². The van der Waals surface area contributed by atoms with Crippen LogP contribution < -0.4 is 10.7 Å². The van der Waals surface area contributed by atoms with E-state index in [1.807, 2.05) is 13.8 Å². The highest BCUT2D eigenvalue weighted by molar-refractivity contribution is 5.58. The minimum Gasteiger partial charge on any atom is -0.392 e. The van der Waals surface area contributed by atoms with Crippen LogP contribution in [0.5, 0.6) is 0 Å². The highest BCUT2D eigenvalue weighted by atomic mass is 16.4. The molecule has 0 atom stereocenters.